The van der Waals surface area contributed by atoms with E-state index >= 15 is 0 Å². The average Bonchev–Trinajstić information content (AvgIpc) is 3.27. The number of carbonyl (C=O) groups is 1. The van der Waals surface area contributed by atoms with Gasteiger partial charge in [0.25, 0.3) is 5.91 Å². The van der Waals surface area contributed by atoms with E-state index in [1.807, 2.05) is 24.3 Å². The summed E-state index contributed by atoms with van der Waals surface area (Å²) in [4.78, 5) is 14.9. The van der Waals surface area contributed by atoms with Gasteiger partial charge < -0.3 is 25.4 Å². The third-order valence-corrected chi connectivity index (χ3v) is 6.01. The Morgan fingerprint density at radius 3 is 2.50 bits per heavy atom. The molecular formula is C26H37N3O3. The summed E-state index contributed by atoms with van der Waals surface area (Å²) in [5.41, 5.74) is 2.52. The van der Waals surface area contributed by atoms with Crippen LogP contribution in [0, 0.1) is 5.92 Å². The predicted molar refractivity (Wildman–Crippen MR) is 131 cm³/mol. The first kappa shape index (κ1) is 24.1. The summed E-state index contributed by atoms with van der Waals surface area (Å²) in [6.45, 7) is 9.14. The van der Waals surface area contributed by atoms with E-state index in [9.17, 15) is 9.90 Å². The maximum absolute atomic E-state index is 12.6. The molecule has 32 heavy (non-hydrogen) atoms. The van der Waals surface area contributed by atoms with Crippen molar-refractivity contribution in [3.05, 3.63) is 54.1 Å². The minimum Gasteiger partial charge on any atom is -0.494 e. The molecule has 2 atom stereocenters. The Kier molecular flexibility index (Phi) is 8.94. The van der Waals surface area contributed by atoms with E-state index in [4.69, 9.17) is 4.74 Å². The molecule has 1 heterocycles. The summed E-state index contributed by atoms with van der Waals surface area (Å²) in [7, 11) is 0. The van der Waals surface area contributed by atoms with Gasteiger partial charge in [-0.1, -0.05) is 27.2 Å². The number of carbonyl (C=O) groups excluding carboxylic acids is 1. The Morgan fingerprint density at radius 2 is 1.88 bits per heavy atom. The molecule has 1 aliphatic rings. The van der Waals surface area contributed by atoms with Gasteiger partial charge >= 0.3 is 0 Å². The Morgan fingerprint density at radius 1 is 1.16 bits per heavy atom. The van der Waals surface area contributed by atoms with Crippen LogP contribution in [0.4, 0.5) is 11.4 Å². The van der Waals surface area contributed by atoms with Gasteiger partial charge in [-0.15, -0.1) is 0 Å². The molecule has 0 aliphatic carbocycles. The molecule has 0 saturated carbocycles. The SMILES string of the molecule is CCCCOc1ccc(C(=O)Nc2ccc(N3CCC(NC(CO)C(C)C)C3)cc2)cc1. The van der Waals surface area contributed by atoms with Crippen molar-refractivity contribution in [1.82, 2.24) is 5.32 Å². The summed E-state index contributed by atoms with van der Waals surface area (Å²) < 4.78 is 5.65. The highest BCUT2D eigenvalue weighted by molar-refractivity contribution is 6.04. The van der Waals surface area contributed by atoms with Gasteiger partial charge in [0.05, 0.1) is 13.2 Å². The Hall–Kier alpha value is -2.57. The largest absolute Gasteiger partial charge is 0.494 e. The summed E-state index contributed by atoms with van der Waals surface area (Å²) in [5.74, 6) is 1.06. The van der Waals surface area contributed by atoms with Crippen LogP contribution in [0.1, 0.15) is 50.4 Å². The Bertz CT molecular complexity index is 836. The lowest BCUT2D eigenvalue weighted by Crippen LogP contribution is -2.44. The highest BCUT2D eigenvalue weighted by Crippen LogP contribution is 2.23. The molecule has 0 radical (unpaired) electrons. The lowest BCUT2D eigenvalue weighted by atomic mass is 10.0. The van der Waals surface area contributed by atoms with E-state index in [-0.39, 0.29) is 18.6 Å². The first-order valence-corrected chi connectivity index (χ1v) is 11.8. The summed E-state index contributed by atoms with van der Waals surface area (Å²) in [6, 6.07) is 15.8. The van der Waals surface area contributed by atoms with Crippen LogP contribution in [0.25, 0.3) is 0 Å². The number of amides is 1. The number of benzene rings is 2. The normalized spacial score (nSPS) is 16.9. The quantitative estimate of drug-likeness (QED) is 0.455. The van der Waals surface area contributed by atoms with Crippen molar-refractivity contribution in [3.63, 3.8) is 0 Å². The summed E-state index contributed by atoms with van der Waals surface area (Å²) >= 11 is 0. The second kappa shape index (κ2) is 11.9. The lowest BCUT2D eigenvalue weighted by molar-refractivity contribution is 0.102. The third-order valence-electron chi connectivity index (χ3n) is 6.01. The van der Waals surface area contributed by atoms with E-state index in [2.05, 4.69) is 48.4 Å². The lowest BCUT2D eigenvalue weighted by Gasteiger charge is -2.25. The topological polar surface area (TPSA) is 73.8 Å². The molecular weight excluding hydrogens is 402 g/mol. The fourth-order valence-corrected chi connectivity index (χ4v) is 3.89. The molecule has 1 aliphatic heterocycles. The van der Waals surface area contributed by atoms with Crippen molar-refractivity contribution in [1.29, 1.82) is 0 Å². The van der Waals surface area contributed by atoms with Crippen LogP contribution in [0.2, 0.25) is 0 Å². The van der Waals surface area contributed by atoms with E-state index in [1.165, 1.54) is 0 Å². The van der Waals surface area contributed by atoms with Crippen molar-refractivity contribution in [2.24, 2.45) is 5.92 Å². The van der Waals surface area contributed by atoms with Crippen LogP contribution in [-0.4, -0.2) is 49.4 Å². The Balaban J connectivity index is 1.51. The number of nitrogens with one attached hydrogen (secondary N) is 2. The molecule has 2 aromatic carbocycles. The fourth-order valence-electron chi connectivity index (χ4n) is 3.89. The second-order valence-corrected chi connectivity index (χ2v) is 8.86. The zero-order chi connectivity index (χ0) is 22.9. The van der Waals surface area contributed by atoms with Crippen molar-refractivity contribution in [2.45, 2.75) is 52.1 Å². The zero-order valence-electron chi connectivity index (χ0n) is 19.5. The van der Waals surface area contributed by atoms with Crippen LogP contribution in [0.3, 0.4) is 0 Å². The molecule has 3 N–H and O–H groups in total. The molecule has 2 unspecified atom stereocenters. The summed E-state index contributed by atoms with van der Waals surface area (Å²) in [6.07, 6.45) is 3.17. The van der Waals surface area contributed by atoms with Crippen LogP contribution >= 0.6 is 0 Å². The summed E-state index contributed by atoms with van der Waals surface area (Å²) in [5, 5.41) is 16.1. The molecule has 3 rings (SSSR count). The molecule has 0 bridgehead atoms. The number of anilines is 2. The van der Waals surface area contributed by atoms with E-state index in [1.54, 1.807) is 12.1 Å². The van der Waals surface area contributed by atoms with Gasteiger partial charge in [-0.3, -0.25) is 4.79 Å². The highest BCUT2D eigenvalue weighted by atomic mass is 16.5. The molecule has 1 amide bonds. The molecule has 1 fully saturated rings. The first-order valence-electron chi connectivity index (χ1n) is 11.8. The third kappa shape index (κ3) is 6.71. The second-order valence-electron chi connectivity index (χ2n) is 8.86. The first-order chi connectivity index (χ1) is 15.5. The van der Waals surface area contributed by atoms with Crippen molar-refractivity contribution >= 4 is 17.3 Å². The number of hydrogen-bond donors (Lipinski definition) is 3. The fraction of sp³-hybridized carbons (Fsp3) is 0.500. The molecule has 2 aromatic rings. The van der Waals surface area contributed by atoms with E-state index < -0.39 is 0 Å². The van der Waals surface area contributed by atoms with E-state index in [0.29, 0.717) is 24.1 Å². The molecule has 0 spiro atoms. The predicted octanol–water partition coefficient (Wildman–Crippen LogP) is 4.30. The van der Waals surface area contributed by atoms with Gasteiger partial charge in [0.2, 0.25) is 0 Å². The number of nitrogens with zero attached hydrogens (tertiary/aromatic N) is 1. The van der Waals surface area contributed by atoms with Crippen molar-refractivity contribution in [2.75, 3.05) is 36.5 Å². The van der Waals surface area contributed by atoms with Crippen LogP contribution in [0.15, 0.2) is 48.5 Å². The van der Waals surface area contributed by atoms with Crippen molar-refractivity contribution in [3.8, 4) is 5.75 Å². The monoisotopic (exact) mass is 439 g/mol. The van der Waals surface area contributed by atoms with Crippen molar-refractivity contribution < 1.29 is 14.6 Å². The van der Waals surface area contributed by atoms with Crippen LogP contribution in [-0.2, 0) is 0 Å². The molecule has 6 nitrogen and oxygen atoms in total. The average molecular weight is 440 g/mol. The Labute approximate surface area is 192 Å². The highest BCUT2D eigenvalue weighted by Gasteiger charge is 2.25. The van der Waals surface area contributed by atoms with Gasteiger partial charge in [0.1, 0.15) is 5.75 Å². The maximum atomic E-state index is 12.6. The smallest absolute Gasteiger partial charge is 0.255 e. The molecule has 174 valence electrons. The van der Waals surface area contributed by atoms with Gasteiger partial charge in [0.15, 0.2) is 0 Å². The van der Waals surface area contributed by atoms with Crippen LogP contribution in [0.5, 0.6) is 5.75 Å². The molecule has 1 saturated heterocycles. The maximum Gasteiger partial charge on any atom is 0.255 e. The van der Waals surface area contributed by atoms with Gasteiger partial charge in [0, 0.05) is 42.1 Å². The zero-order valence-corrected chi connectivity index (χ0v) is 19.5. The molecule has 0 aromatic heterocycles. The van der Waals surface area contributed by atoms with Gasteiger partial charge in [-0.25, -0.2) is 0 Å². The minimum atomic E-state index is -0.132. The number of hydrogen-bond acceptors (Lipinski definition) is 5. The number of unbranched alkanes of at least 4 members (excludes halogenated alkanes) is 1. The standard InChI is InChI=1S/C26H37N3O3/c1-4-5-16-32-24-12-6-20(7-13-24)26(31)28-21-8-10-23(11-9-21)29-15-14-22(17-29)27-25(18-30)19(2)3/h6-13,19,22,25,27,30H,4-5,14-18H2,1-3H3,(H,28,31). The van der Waals surface area contributed by atoms with Gasteiger partial charge in [-0.2, -0.15) is 0 Å². The number of rotatable bonds is 11. The number of aliphatic hydroxyl groups is 1. The van der Waals surface area contributed by atoms with Gasteiger partial charge in [-0.05, 0) is 67.3 Å². The minimum absolute atomic E-state index is 0.132. The number of ether oxygens (including phenoxy) is 1. The molecule has 6 heteroatoms. The van der Waals surface area contributed by atoms with Crippen LogP contribution < -0.4 is 20.3 Å². The van der Waals surface area contributed by atoms with E-state index in [0.717, 1.165) is 49.5 Å². The number of aliphatic hydroxyl groups excluding tert-OH is 1.